The summed E-state index contributed by atoms with van der Waals surface area (Å²) in [5.74, 6) is 0. The van der Waals surface area contributed by atoms with Crippen LogP contribution in [-0.2, 0) is 4.43 Å². The van der Waals surface area contributed by atoms with E-state index in [-0.39, 0.29) is 9.92 Å². The molecule has 0 atom stereocenters. The van der Waals surface area contributed by atoms with Gasteiger partial charge in [-0.15, -0.1) is 0 Å². The van der Waals surface area contributed by atoms with Crippen molar-refractivity contribution in [3.05, 3.63) is 0 Å². The highest BCUT2D eigenvalue weighted by atomic mass is 28.2. The Morgan fingerprint density at radius 2 is 1.83 bits per heavy atom. The minimum atomic E-state index is -0.372. The van der Waals surface area contributed by atoms with Gasteiger partial charge in [0.05, 0.1) is 0 Å². The van der Waals surface area contributed by atoms with Crippen LogP contribution in [0.1, 0.15) is 39.5 Å². The molecule has 0 aromatic heterocycles. The van der Waals surface area contributed by atoms with Crippen molar-refractivity contribution in [2.75, 3.05) is 20.2 Å². The molecule has 0 aromatic rings. The highest BCUT2D eigenvalue weighted by Gasteiger charge is 1.97. The van der Waals surface area contributed by atoms with Gasteiger partial charge in [-0.25, -0.2) is 0 Å². The van der Waals surface area contributed by atoms with E-state index in [1.165, 1.54) is 32.2 Å². The predicted octanol–water partition coefficient (Wildman–Crippen LogP) is 1.53. The number of hydrogen-bond donors (Lipinski definition) is 0. The summed E-state index contributed by atoms with van der Waals surface area (Å²) in [5.41, 5.74) is 0. The second kappa shape index (κ2) is 9.23. The summed E-state index contributed by atoms with van der Waals surface area (Å²) in [4.78, 5) is 0. The highest BCUT2D eigenvalue weighted by Crippen LogP contribution is 1.91. The zero-order valence-corrected chi connectivity index (χ0v) is 10.2. The first kappa shape index (κ1) is 12.1. The first-order valence-electron chi connectivity index (χ1n) is 5.07. The van der Waals surface area contributed by atoms with E-state index in [0.29, 0.717) is 0 Å². The lowest BCUT2D eigenvalue weighted by Crippen LogP contribution is -2.26. The van der Waals surface area contributed by atoms with Crippen molar-refractivity contribution >= 4 is 9.92 Å². The Morgan fingerprint density at radius 1 is 1.17 bits per heavy atom. The van der Waals surface area contributed by atoms with Gasteiger partial charge in [-0.2, -0.15) is 0 Å². The molecule has 3 heteroatoms. The molecule has 0 aliphatic rings. The van der Waals surface area contributed by atoms with E-state index < -0.39 is 0 Å². The van der Waals surface area contributed by atoms with E-state index in [0.717, 1.165) is 6.61 Å². The predicted molar refractivity (Wildman–Crippen MR) is 56.9 cm³/mol. The van der Waals surface area contributed by atoms with Crippen molar-refractivity contribution in [3.63, 3.8) is 0 Å². The molecule has 0 saturated carbocycles. The summed E-state index contributed by atoms with van der Waals surface area (Å²) in [7, 11) is 1.80. The Hall–Kier alpha value is 0.137. The Balaban J connectivity index is 3.02. The van der Waals surface area contributed by atoms with E-state index in [2.05, 4.69) is 25.5 Å². The molecule has 0 radical (unpaired) electrons. The molecule has 0 aromatic carbocycles. The van der Waals surface area contributed by atoms with Crippen LogP contribution in [0.3, 0.4) is 0 Å². The van der Waals surface area contributed by atoms with Crippen molar-refractivity contribution < 1.29 is 4.43 Å². The molecular weight excluding hydrogens is 166 g/mol. The van der Waals surface area contributed by atoms with Crippen molar-refractivity contribution in [2.24, 2.45) is 0 Å². The molecule has 0 spiro atoms. The summed E-state index contributed by atoms with van der Waals surface area (Å²) >= 11 is 0. The largest absolute Gasteiger partial charge is 0.408 e. The van der Waals surface area contributed by atoms with Gasteiger partial charge in [0, 0.05) is 6.61 Å². The molecule has 0 N–H and O–H groups in total. The van der Waals surface area contributed by atoms with Crippen LogP contribution < -0.4 is 0 Å². The minimum Gasteiger partial charge on any atom is -0.408 e. The molecule has 0 heterocycles. The molecule has 74 valence electrons. The first-order valence-corrected chi connectivity index (χ1v) is 6.28. The van der Waals surface area contributed by atoms with Crippen LogP contribution in [-0.4, -0.2) is 34.7 Å². The summed E-state index contributed by atoms with van der Waals surface area (Å²) < 4.78 is 7.97. The van der Waals surface area contributed by atoms with Gasteiger partial charge in [0.2, 0.25) is 9.92 Å². The smallest absolute Gasteiger partial charge is 0.238 e. The number of nitrogens with zero attached hydrogens (tertiary/aromatic N) is 1. The van der Waals surface area contributed by atoms with Gasteiger partial charge in [0.1, 0.15) is 0 Å². The van der Waals surface area contributed by atoms with Crippen molar-refractivity contribution in [3.8, 4) is 0 Å². The van der Waals surface area contributed by atoms with Crippen LogP contribution in [0.2, 0.25) is 0 Å². The van der Waals surface area contributed by atoms with Crippen LogP contribution >= 0.6 is 0 Å². The van der Waals surface area contributed by atoms with Gasteiger partial charge in [-0.3, -0.25) is 0 Å². The molecule has 0 bridgehead atoms. The van der Waals surface area contributed by atoms with Crippen LogP contribution in [0.4, 0.5) is 0 Å². The quantitative estimate of drug-likeness (QED) is 0.424. The van der Waals surface area contributed by atoms with Crippen molar-refractivity contribution in [2.45, 2.75) is 39.5 Å². The fourth-order valence-electron chi connectivity index (χ4n) is 0.959. The monoisotopic (exact) mass is 189 g/mol. The van der Waals surface area contributed by atoms with Crippen LogP contribution in [0.15, 0.2) is 0 Å². The minimum absolute atomic E-state index is 0.372. The number of unbranched alkanes of at least 4 members (excludes halogenated alkanes) is 2. The summed E-state index contributed by atoms with van der Waals surface area (Å²) in [6.45, 7) is 6.62. The van der Waals surface area contributed by atoms with Gasteiger partial charge in [0.15, 0.2) is 0 Å². The first-order chi connectivity index (χ1) is 5.81. The molecule has 2 nitrogen and oxygen atoms in total. The lowest BCUT2D eigenvalue weighted by molar-refractivity contribution is 0.287. The summed E-state index contributed by atoms with van der Waals surface area (Å²) in [6, 6.07) is 0. The summed E-state index contributed by atoms with van der Waals surface area (Å²) in [6.07, 6.45) is 5.05. The Morgan fingerprint density at radius 3 is 2.42 bits per heavy atom. The van der Waals surface area contributed by atoms with E-state index >= 15 is 0 Å². The van der Waals surface area contributed by atoms with Crippen molar-refractivity contribution in [1.29, 1.82) is 0 Å². The maximum atomic E-state index is 5.60. The van der Waals surface area contributed by atoms with E-state index in [9.17, 15) is 0 Å². The molecule has 0 aliphatic heterocycles. The van der Waals surface area contributed by atoms with E-state index in [1.54, 1.807) is 0 Å². The molecule has 0 rings (SSSR count). The van der Waals surface area contributed by atoms with Gasteiger partial charge in [-0.1, -0.05) is 26.7 Å². The average molecular weight is 189 g/mol. The number of rotatable bonds is 8. The SMILES string of the molecule is CCCCO[SiH2]N(C)CCCC. The van der Waals surface area contributed by atoms with Gasteiger partial charge in [-0.05, 0) is 26.4 Å². The third-order valence-corrected chi connectivity index (χ3v) is 3.08. The van der Waals surface area contributed by atoms with Gasteiger partial charge in [0.25, 0.3) is 0 Å². The lowest BCUT2D eigenvalue weighted by Gasteiger charge is -2.15. The highest BCUT2D eigenvalue weighted by molar-refractivity contribution is 6.23. The second-order valence-electron chi connectivity index (χ2n) is 3.32. The standard InChI is InChI=1S/C9H23NOSi/c1-4-6-8-10(3)12-11-9-7-5-2/h4-9,12H2,1-3H3. The molecular formula is C9H23NOSi. The van der Waals surface area contributed by atoms with Gasteiger partial charge < -0.3 is 8.99 Å². The zero-order valence-electron chi connectivity index (χ0n) is 8.81. The third kappa shape index (κ3) is 8.24. The average Bonchev–Trinajstić information content (AvgIpc) is 2.09. The number of hydrogen-bond acceptors (Lipinski definition) is 2. The van der Waals surface area contributed by atoms with Gasteiger partial charge >= 0.3 is 0 Å². The Labute approximate surface area is 79.3 Å². The van der Waals surface area contributed by atoms with Crippen LogP contribution in [0.5, 0.6) is 0 Å². The maximum Gasteiger partial charge on any atom is 0.238 e. The fraction of sp³-hybridized carbons (Fsp3) is 1.00. The fourth-order valence-corrected chi connectivity index (χ4v) is 1.96. The summed E-state index contributed by atoms with van der Waals surface area (Å²) in [5, 5.41) is 0. The van der Waals surface area contributed by atoms with Crippen LogP contribution in [0, 0.1) is 0 Å². The molecule has 0 amide bonds. The second-order valence-corrected chi connectivity index (χ2v) is 5.07. The Bertz CT molecular complexity index is 90.6. The molecule has 0 fully saturated rings. The third-order valence-electron chi connectivity index (χ3n) is 1.85. The topological polar surface area (TPSA) is 12.5 Å². The molecule has 0 saturated heterocycles. The Kier molecular flexibility index (Phi) is 9.33. The van der Waals surface area contributed by atoms with Crippen molar-refractivity contribution in [1.82, 2.24) is 4.57 Å². The maximum absolute atomic E-state index is 5.60. The zero-order chi connectivity index (χ0) is 9.23. The molecule has 0 unspecified atom stereocenters. The molecule has 0 aliphatic carbocycles. The molecule has 12 heavy (non-hydrogen) atoms. The normalized spacial score (nSPS) is 12.0. The van der Waals surface area contributed by atoms with Crippen LogP contribution in [0.25, 0.3) is 0 Å². The van der Waals surface area contributed by atoms with E-state index in [4.69, 9.17) is 4.43 Å². The van der Waals surface area contributed by atoms with E-state index in [1.807, 2.05) is 0 Å². The lowest BCUT2D eigenvalue weighted by atomic mass is 10.3.